The second kappa shape index (κ2) is 9.15. The van der Waals surface area contributed by atoms with Gasteiger partial charge in [-0.25, -0.2) is 12.8 Å². The molecule has 0 bridgehead atoms. The predicted molar refractivity (Wildman–Crippen MR) is 114 cm³/mol. The molecule has 0 spiro atoms. The zero-order valence-corrected chi connectivity index (χ0v) is 17.4. The summed E-state index contributed by atoms with van der Waals surface area (Å²) in [5.41, 5.74) is 1.81. The molecular formula is C21H18ClFN2O4S. The Morgan fingerprint density at radius 2 is 1.63 bits per heavy atom. The van der Waals surface area contributed by atoms with Crippen molar-refractivity contribution < 1.29 is 22.3 Å². The number of nitrogens with one attached hydrogen (secondary N) is 2. The van der Waals surface area contributed by atoms with E-state index in [-0.39, 0.29) is 16.5 Å². The van der Waals surface area contributed by atoms with Crippen molar-refractivity contribution in [3.8, 4) is 5.75 Å². The van der Waals surface area contributed by atoms with Gasteiger partial charge in [0.05, 0.1) is 9.92 Å². The molecule has 3 aromatic rings. The summed E-state index contributed by atoms with van der Waals surface area (Å²) in [6.07, 6.45) is 0. The van der Waals surface area contributed by atoms with Crippen molar-refractivity contribution in [2.24, 2.45) is 0 Å². The molecule has 30 heavy (non-hydrogen) atoms. The summed E-state index contributed by atoms with van der Waals surface area (Å²) in [7, 11) is -3.75. The third-order valence-corrected chi connectivity index (χ3v) is 5.70. The monoisotopic (exact) mass is 448 g/mol. The fourth-order valence-electron chi connectivity index (χ4n) is 2.47. The Morgan fingerprint density at radius 3 is 2.27 bits per heavy atom. The van der Waals surface area contributed by atoms with Crippen molar-refractivity contribution >= 4 is 38.9 Å². The Hall–Kier alpha value is -3.10. The highest BCUT2D eigenvalue weighted by Crippen LogP contribution is 2.21. The van der Waals surface area contributed by atoms with Crippen molar-refractivity contribution in [2.45, 2.75) is 11.8 Å². The quantitative estimate of drug-likeness (QED) is 0.553. The maximum Gasteiger partial charge on any atom is 0.262 e. The molecular weight excluding hydrogens is 431 g/mol. The molecule has 1 amide bonds. The van der Waals surface area contributed by atoms with Gasteiger partial charge in [-0.3, -0.25) is 9.52 Å². The largest absolute Gasteiger partial charge is 0.484 e. The maximum atomic E-state index is 13.1. The van der Waals surface area contributed by atoms with Crippen molar-refractivity contribution in [3.63, 3.8) is 0 Å². The van der Waals surface area contributed by atoms with E-state index < -0.39 is 21.7 Å². The maximum absolute atomic E-state index is 13.1. The van der Waals surface area contributed by atoms with Crippen LogP contribution in [0.3, 0.4) is 0 Å². The number of amides is 1. The van der Waals surface area contributed by atoms with Gasteiger partial charge >= 0.3 is 0 Å². The minimum atomic E-state index is -3.75. The van der Waals surface area contributed by atoms with Gasteiger partial charge in [0.15, 0.2) is 6.61 Å². The third kappa shape index (κ3) is 5.71. The molecule has 0 saturated carbocycles. The lowest BCUT2D eigenvalue weighted by Crippen LogP contribution is -2.20. The molecule has 0 saturated heterocycles. The molecule has 3 aromatic carbocycles. The normalized spacial score (nSPS) is 11.0. The van der Waals surface area contributed by atoms with E-state index in [1.165, 1.54) is 36.4 Å². The van der Waals surface area contributed by atoms with Gasteiger partial charge in [0.25, 0.3) is 15.9 Å². The summed E-state index contributed by atoms with van der Waals surface area (Å²) >= 11 is 5.67. The van der Waals surface area contributed by atoms with Gasteiger partial charge in [-0.2, -0.15) is 0 Å². The van der Waals surface area contributed by atoms with Crippen LogP contribution in [-0.4, -0.2) is 20.9 Å². The molecule has 6 nitrogen and oxygen atoms in total. The number of ether oxygens (including phenoxy) is 1. The van der Waals surface area contributed by atoms with E-state index in [1.54, 1.807) is 24.3 Å². The van der Waals surface area contributed by atoms with Crippen LogP contribution < -0.4 is 14.8 Å². The molecule has 0 radical (unpaired) electrons. The van der Waals surface area contributed by atoms with Crippen molar-refractivity contribution in [1.82, 2.24) is 0 Å². The number of anilines is 2. The molecule has 9 heteroatoms. The average Bonchev–Trinajstić information content (AvgIpc) is 2.71. The van der Waals surface area contributed by atoms with Crippen LogP contribution in [0, 0.1) is 12.7 Å². The Balaban J connectivity index is 1.57. The molecule has 3 rings (SSSR count). The highest BCUT2D eigenvalue weighted by molar-refractivity contribution is 7.92. The van der Waals surface area contributed by atoms with Gasteiger partial charge in [-0.05, 0) is 61.5 Å². The first-order chi connectivity index (χ1) is 14.2. The Kier molecular flexibility index (Phi) is 6.59. The number of carbonyl (C=O) groups is 1. The van der Waals surface area contributed by atoms with Crippen LogP contribution in [0.5, 0.6) is 5.75 Å². The van der Waals surface area contributed by atoms with Gasteiger partial charge in [0.2, 0.25) is 0 Å². The summed E-state index contributed by atoms with van der Waals surface area (Å²) < 4.78 is 45.9. The van der Waals surface area contributed by atoms with E-state index in [0.717, 1.165) is 11.6 Å². The molecule has 0 aliphatic carbocycles. The van der Waals surface area contributed by atoms with Gasteiger partial charge in [0.1, 0.15) is 11.6 Å². The summed E-state index contributed by atoms with van der Waals surface area (Å²) in [6, 6.07) is 16.4. The van der Waals surface area contributed by atoms with Crippen LogP contribution in [-0.2, 0) is 14.8 Å². The molecule has 0 aromatic heterocycles. The highest BCUT2D eigenvalue weighted by Gasteiger charge is 2.14. The van der Waals surface area contributed by atoms with E-state index in [1.807, 2.05) is 6.92 Å². The van der Waals surface area contributed by atoms with E-state index in [9.17, 15) is 17.6 Å². The van der Waals surface area contributed by atoms with Gasteiger partial charge in [-0.15, -0.1) is 0 Å². The van der Waals surface area contributed by atoms with Crippen molar-refractivity contribution in [1.29, 1.82) is 0 Å². The van der Waals surface area contributed by atoms with Gasteiger partial charge in [-0.1, -0.05) is 29.3 Å². The zero-order chi connectivity index (χ0) is 21.7. The lowest BCUT2D eigenvalue weighted by atomic mass is 10.2. The Bertz CT molecular complexity index is 1150. The lowest BCUT2D eigenvalue weighted by Gasteiger charge is -2.10. The zero-order valence-electron chi connectivity index (χ0n) is 15.9. The number of benzene rings is 3. The second-order valence-corrected chi connectivity index (χ2v) is 8.50. The SMILES string of the molecule is Cc1ccc(NS(=O)(=O)c2ccc(OCC(=O)Nc3ccc(F)c(Cl)c3)cc2)cc1. The first kappa shape index (κ1) is 21.6. The fourth-order valence-corrected chi connectivity index (χ4v) is 3.71. The lowest BCUT2D eigenvalue weighted by molar-refractivity contribution is -0.118. The molecule has 0 heterocycles. The van der Waals surface area contributed by atoms with Gasteiger partial charge < -0.3 is 10.1 Å². The molecule has 156 valence electrons. The molecule has 0 atom stereocenters. The minimum absolute atomic E-state index is 0.0563. The summed E-state index contributed by atoms with van der Waals surface area (Å²) in [5, 5.41) is 2.42. The van der Waals surface area contributed by atoms with Crippen LogP contribution in [0.15, 0.2) is 71.6 Å². The molecule has 0 unspecified atom stereocenters. The molecule has 0 fully saturated rings. The fraction of sp³-hybridized carbons (Fsp3) is 0.0952. The molecule has 2 N–H and O–H groups in total. The topological polar surface area (TPSA) is 84.5 Å². The predicted octanol–water partition coefficient (Wildman–Crippen LogP) is 4.61. The number of sulfonamides is 1. The number of rotatable bonds is 7. The standard InChI is InChI=1S/C21H18ClFN2O4S/c1-14-2-4-15(5-3-14)25-30(27,28)18-9-7-17(8-10-18)29-13-21(26)24-16-6-11-20(23)19(22)12-16/h2-12,25H,13H2,1H3,(H,24,26). The first-order valence-corrected chi connectivity index (χ1v) is 10.7. The van der Waals surface area contributed by atoms with Crippen LogP contribution in [0.1, 0.15) is 5.56 Å². The van der Waals surface area contributed by atoms with Crippen LogP contribution in [0.25, 0.3) is 0 Å². The number of hydrogen-bond donors (Lipinski definition) is 2. The number of halogens is 2. The third-order valence-electron chi connectivity index (χ3n) is 4.01. The number of carbonyl (C=O) groups excluding carboxylic acids is 1. The smallest absolute Gasteiger partial charge is 0.262 e. The van der Waals surface area contributed by atoms with Crippen LogP contribution in [0.2, 0.25) is 5.02 Å². The second-order valence-electron chi connectivity index (χ2n) is 6.41. The van der Waals surface area contributed by atoms with Crippen molar-refractivity contribution in [2.75, 3.05) is 16.6 Å². The minimum Gasteiger partial charge on any atom is -0.484 e. The Labute approximate surface area is 178 Å². The first-order valence-electron chi connectivity index (χ1n) is 8.80. The van der Waals surface area contributed by atoms with E-state index >= 15 is 0 Å². The Morgan fingerprint density at radius 1 is 1.00 bits per heavy atom. The summed E-state index contributed by atoms with van der Waals surface area (Å²) in [5.74, 6) is -0.746. The summed E-state index contributed by atoms with van der Waals surface area (Å²) in [6.45, 7) is 1.59. The number of hydrogen-bond acceptors (Lipinski definition) is 4. The van der Waals surface area contributed by atoms with Crippen LogP contribution >= 0.6 is 11.6 Å². The molecule has 0 aliphatic rings. The number of aryl methyl sites for hydroxylation is 1. The van der Waals surface area contributed by atoms with E-state index in [0.29, 0.717) is 17.1 Å². The van der Waals surface area contributed by atoms with Gasteiger partial charge in [0, 0.05) is 11.4 Å². The average molecular weight is 449 g/mol. The molecule has 0 aliphatic heterocycles. The van der Waals surface area contributed by atoms with E-state index in [4.69, 9.17) is 16.3 Å². The summed E-state index contributed by atoms with van der Waals surface area (Å²) in [4.78, 5) is 12.0. The van der Waals surface area contributed by atoms with Crippen molar-refractivity contribution in [3.05, 3.63) is 83.1 Å². The van der Waals surface area contributed by atoms with Crippen LogP contribution in [0.4, 0.5) is 15.8 Å². The highest BCUT2D eigenvalue weighted by atomic mass is 35.5. The van der Waals surface area contributed by atoms with E-state index in [2.05, 4.69) is 10.0 Å².